The monoisotopic (exact) mass is 278 g/mol. The van der Waals surface area contributed by atoms with Gasteiger partial charge in [-0.15, -0.1) is 11.6 Å². The standard InChI is InChI=1S/C12H23ClN2O3/c1-4-10(5-2)15(8-9-18-3)12(17)14-11(16)6-7-13/h10H,4-9H2,1-3H3,(H,14,16,17). The zero-order valence-corrected chi connectivity index (χ0v) is 12.1. The molecule has 0 radical (unpaired) electrons. The zero-order valence-electron chi connectivity index (χ0n) is 11.4. The first kappa shape index (κ1) is 17.2. The molecule has 0 bridgehead atoms. The van der Waals surface area contributed by atoms with Crippen LogP contribution in [0.3, 0.4) is 0 Å². The molecule has 0 fully saturated rings. The van der Waals surface area contributed by atoms with Gasteiger partial charge in [-0.3, -0.25) is 10.1 Å². The lowest BCUT2D eigenvalue weighted by atomic mass is 10.1. The molecule has 0 spiro atoms. The predicted molar refractivity (Wildman–Crippen MR) is 71.8 cm³/mol. The van der Waals surface area contributed by atoms with Crippen molar-refractivity contribution in [2.24, 2.45) is 0 Å². The number of alkyl halides is 1. The van der Waals surface area contributed by atoms with E-state index in [4.69, 9.17) is 16.3 Å². The minimum atomic E-state index is -0.365. The molecule has 0 aromatic rings. The number of imide groups is 1. The van der Waals surface area contributed by atoms with Gasteiger partial charge < -0.3 is 9.64 Å². The van der Waals surface area contributed by atoms with Crippen LogP contribution in [0.1, 0.15) is 33.1 Å². The molecule has 0 aliphatic rings. The molecule has 5 nitrogen and oxygen atoms in total. The number of methoxy groups -OCH3 is 1. The van der Waals surface area contributed by atoms with Crippen molar-refractivity contribution in [2.45, 2.75) is 39.2 Å². The Morgan fingerprint density at radius 1 is 1.33 bits per heavy atom. The summed E-state index contributed by atoms with van der Waals surface area (Å²) in [7, 11) is 1.58. The van der Waals surface area contributed by atoms with Gasteiger partial charge in [-0.1, -0.05) is 13.8 Å². The Labute approximate surface area is 114 Å². The molecule has 0 heterocycles. The molecule has 18 heavy (non-hydrogen) atoms. The Morgan fingerprint density at radius 3 is 2.39 bits per heavy atom. The van der Waals surface area contributed by atoms with Gasteiger partial charge in [0.1, 0.15) is 0 Å². The van der Waals surface area contributed by atoms with Crippen LogP contribution in [0.2, 0.25) is 0 Å². The summed E-state index contributed by atoms with van der Waals surface area (Å²) in [4.78, 5) is 25.0. The largest absolute Gasteiger partial charge is 0.383 e. The average Bonchev–Trinajstić information content (AvgIpc) is 2.34. The van der Waals surface area contributed by atoms with Gasteiger partial charge >= 0.3 is 6.03 Å². The SMILES string of the molecule is CCC(CC)N(CCOC)C(=O)NC(=O)CCCl. The maximum atomic E-state index is 12.0. The zero-order chi connectivity index (χ0) is 14.0. The molecule has 0 saturated heterocycles. The van der Waals surface area contributed by atoms with Crippen LogP contribution in [-0.4, -0.2) is 49.0 Å². The second-order valence-electron chi connectivity index (χ2n) is 3.95. The molecule has 0 unspecified atom stereocenters. The van der Waals surface area contributed by atoms with E-state index in [2.05, 4.69) is 5.32 Å². The van der Waals surface area contributed by atoms with Gasteiger partial charge in [0, 0.05) is 32.0 Å². The molecule has 3 amide bonds. The van der Waals surface area contributed by atoms with Crippen molar-refractivity contribution in [3.05, 3.63) is 0 Å². The molecular formula is C12H23ClN2O3. The van der Waals surface area contributed by atoms with Gasteiger partial charge in [-0.2, -0.15) is 0 Å². The van der Waals surface area contributed by atoms with E-state index in [0.29, 0.717) is 13.2 Å². The van der Waals surface area contributed by atoms with Gasteiger partial charge in [0.2, 0.25) is 5.91 Å². The van der Waals surface area contributed by atoms with Crippen LogP contribution >= 0.6 is 11.6 Å². The number of hydrogen-bond donors (Lipinski definition) is 1. The summed E-state index contributed by atoms with van der Waals surface area (Å²) in [6.45, 7) is 4.96. The molecule has 0 aliphatic heterocycles. The van der Waals surface area contributed by atoms with Gasteiger partial charge in [0.25, 0.3) is 0 Å². The van der Waals surface area contributed by atoms with Crippen molar-refractivity contribution < 1.29 is 14.3 Å². The molecular weight excluding hydrogens is 256 g/mol. The fourth-order valence-electron chi connectivity index (χ4n) is 1.71. The van der Waals surface area contributed by atoms with E-state index in [9.17, 15) is 9.59 Å². The highest BCUT2D eigenvalue weighted by Gasteiger charge is 2.22. The van der Waals surface area contributed by atoms with Crippen molar-refractivity contribution >= 4 is 23.5 Å². The Hall–Kier alpha value is -0.810. The number of rotatable bonds is 8. The summed E-state index contributed by atoms with van der Waals surface area (Å²) in [5, 5.41) is 2.35. The molecule has 106 valence electrons. The van der Waals surface area contributed by atoms with Crippen LogP contribution in [0.5, 0.6) is 0 Å². The lowest BCUT2D eigenvalue weighted by Crippen LogP contribution is -2.49. The van der Waals surface area contributed by atoms with Crippen LogP contribution in [0.25, 0.3) is 0 Å². The predicted octanol–water partition coefficient (Wildman–Crippen LogP) is 1.99. The highest BCUT2D eigenvalue weighted by Crippen LogP contribution is 2.08. The Kier molecular flexibility index (Phi) is 9.69. The van der Waals surface area contributed by atoms with E-state index in [1.807, 2.05) is 13.8 Å². The maximum absolute atomic E-state index is 12.0. The summed E-state index contributed by atoms with van der Waals surface area (Å²) in [6.07, 6.45) is 1.84. The van der Waals surface area contributed by atoms with Crippen molar-refractivity contribution in [3.8, 4) is 0 Å². The van der Waals surface area contributed by atoms with Crippen LogP contribution in [0, 0.1) is 0 Å². The molecule has 1 N–H and O–H groups in total. The fourth-order valence-corrected chi connectivity index (χ4v) is 1.88. The summed E-state index contributed by atoms with van der Waals surface area (Å²) in [5.74, 6) is -0.134. The lowest BCUT2D eigenvalue weighted by molar-refractivity contribution is -0.119. The number of hydrogen-bond acceptors (Lipinski definition) is 3. The number of nitrogens with one attached hydrogen (secondary N) is 1. The summed E-state index contributed by atoms with van der Waals surface area (Å²) in [6, 6.07) is -0.250. The third kappa shape index (κ3) is 6.21. The smallest absolute Gasteiger partial charge is 0.324 e. The van der Waals surface area contributed by atoms with E-state index in [-0.39, 0.29) is 30.3 Å². The van der Waals surface area contributed by atoms with E-state index in [1.165, 1.54) is 0 Å². The Balaban J connectivity index is 4.52. The quantitative estimate of drug-likeness (QED) is 0.691. The summed E-state index contributed by atoms with van der Waals surface area (Å²) >= 11 is 5.45. The van der Waals surface area contributed by atoms with Gasteiger partial charge in [0.05, 0.1) is 6.61 Å². The normalized spacial score (nSPS) is 10.5. The molecule has 0 aromatic carbocycles. The summed E-state index contributed by atoms with van der Waals surface area (Å²) in [5.41, 5.74) is 0. The summed E-state index contributed by atoms with van der Waals surface area (Å²) < 4.78 is 4.99. The van der Waals surface area contributed by atoms with Crippen LogP contribution in [-0.2, 0) is 9.53 Å². The minimum Gasteiger partial charge on any atom is -0.383 e. The number of ether oxygens (including phenoxy) is 1. The fraction of sp³-hybridized carbons (Fsp3) is 0.833. The second kappa shape index (κ2) is 10.1. The molecule has 0 aliphatic carbocycles. The maximum Gasteiger partial charge on any atom is 0.324 e. The third-order valence-electron chi connectivity index (χ3n) is 2.75. The lowest BCUT2D eigenvalue weighted by Gasteiger charge is -2.30. The first-order valence-electron chi connectivity index (χ1n) is 6.25. The highest BCUT2D eigenvalue weighted by atomic mass is 35.5. The van der Waals surface area contributed by atoms with Crippen molar-refractivity contribution in [1.29, 1.82) is 0 Å². The number of urea groups is 1. The number of amides is 3. The highest BCUT2D eigenvalue weighted by molar-refractivity contribution is 6.19. The van der Waals surface area contributed by atoms with Crippen LogP contribution in [0.4, 0.5) is 4.79 Å². The Morgan fingerprint density at radius 2 is 1.94 bits per heavy atom. The first-order chi connectivity index (χ1) is 8.60. The topological polar surface area (TPSA) is 58.6 Å². The van der Waals surface area contributed by atoms with Gasteiger partial charge in [-0.05, 0) is 12.8 Å². The molecule has 0 aromatic heterocycles. The molecule has 0 saturated carbocycles. The average molecular weight is 279 g/mol. The van der Waals surface area contributed by atoms with Crippen LogP contribution < -0.4 is 5.32 Å². The third-order valence-corrected chi connectivity index (χ3v) is 2.94. The van der Waals surface area contributed by atoms with Crippen molar-refractivity contribution in [2.75, 3.05) is 26.1 Å². The molecule has 0 rings (SSSR count). The second-order valence-corrected chi connectivity index (χ2v) is 4.33. The van der Waals surface area contributed by atoms with E-state index in [0.717, 1.165) is 12.8 Å². The number of carbonyl (C=O) groups is 2. The number of nitrogens with zero attached hydrogens (tertiary/aromatic N) is 1. The van der Waals surface area contributed by atoms with Gasteiger partial charge in [0.15, 0.2) is 0 Å². The van der Waals surface area contributed by atoms with Gasteiger partial charge in [-0.25, -0.2) is 4.79 Å². The Bertz CT molecular complexity index is 258. The number of carbonyl (C=O) groups excluding carboxylic acids is 2. The first-order valence-corrected chi connectivity index (χ1v) is 6.79. The van der Waals surface area contributed by atoms with Crippen molar-refractivity contribution in [3.63, 3.8) is 0 Å². The van der Waals surface area contributed by atoms with E-state index >= 15 is 0 Å². The van der Waals surface area contributed by atoms with Crippen LogP contribution in [0.15, 0.2) is 0 Å². The minimum absolute atomic E-state index is 0.115. The van der Waals surface area contributed by atoms with E-state index in [1.54, 1.807) is 12.0 Å². The molecule has 0 atom stereocenters. The van der Waals surface area contributed by atoms with E-state index < -0.39 is 0 Å². The number of halogens is 1. The molecule has 6 heteroatoms. The van der Waals surface area contributed by atoms with Crippen molar-refractivity contribution in [1.82, 2.24) is 10.2 Å².